The van der Waals surface area contributed by atoms with Crippen LogP contribution in [-0.4, -0.2) is 38.1 Å². The fourth-order valence-corrected chi connectivity index (χ4v) is 4.91. The van der Waals surface area contributed by atoms with Gasteiger partial charge in [0.2, 0.25) is 10.0 Å². The molecule has 0 aliphatic carbocycles. The van der Waals surface area contributed by atoms with E-state index in [0.29, 0.717) is 13.1 Å². The Balaban J connectivity index is 1.88. The van der Waals surface area contributed by atoms with Gasteiger partial charge in [0.25, 0.3) is 5.91 Å². The van der Waals surface area contributed by atoms with Gasteiger partial charge in [-0.1, -0.05) is 23.7 Å². The Morgan fingerprint density at radius 1 is 1.10 bits per heavy atom. The lowest BCUT2D eigenvalue weighted by atomic mass is 10.2. The Bertz CT molecular complexity index is 1020. The highest BCUT2D eigenvalue weighted by Gasteiger charge is 2.33. The maximum absolute atomic E-state index is 12.8. The molecule has 156 valence electrons. The topological polar surface area (TPSA) is 75.7 Å². The summed E-state index contributed by atoms with van der Waals surface area (Å²) < 4.78 is 68.3. The molecule has 3 rings (SSSR count). The lowest BCUT2D eigenvalue weighted by Gasteiger charge is -2.17. The van der Waals surface area contributed by atoms with Crippen LogP contribution in [0, 0.1) is 0 Å². The van der Waals surface area contributed by atoms with Gasteiger partial charge in [0.05, 0.1) is 10.7 Å². The van der Waals surface area contributed by atoms with E-state index in [4.69, 9.17) is 11.6 Å². The van der Waals surface area contributed by atoms with Gasteiger partial charge in [-0.2, -0.15) is 4.31 Å². The molecule has 0 bridgehead atoms. The standard InChI is InChI=1S/C18H16ClF3N2O4S/c19-13-8-7-12(11-16(13)29(26,27)24-9-3-4-10-24)17(25)23-14-5-1-2-6-15(14)28-18(20,21)22/h1-2,5-8,11H,3-4,9-10H2,(H,23,25). The van der Waals surface area contributed by atoms with Gasteiger partial charge in [0.1, 0.15) is 4.90 Å². The van der Waals surface area contributed by atoms with Crippen molar-refractivity contribution in [2.75, 3.05) is 18.4 Å². The van der Waals surface area contributed by atoms with Crippen LogP contribution in [0.2, 0.25) is 5.02 Å². The van der Waals surface area contributed by atoms with Crippen molar-refractivity contribution in [3.8, 4) is 5.75 Å². The van der Waals surface area contributed by atoms with E-state index in [2.05, 4.69) is 10.1 Å². The molecule has 0 unspecified atom stereocenters. The monoisotopic (exact) mass is 448 g/mol. The van der Waals surface area contributed by atoms with Crippen molar-refractivity contribution in [3.63, 3.8) is 0 Å². The van der Waals surface area contributed by atoms with Gasteiger partial charge in [-0.25, -0.2) is 8.42 Å². The molecule has 1 aliphatic rings. The van der Waals surface area contributed by atoms with Crippen LogP contribution in [0.15, 0.2) is 47.4 Å². The third-order valence-electron chi connectivity index (χ3n) is 4.24. The zero-order valence-corrected chi connectivity index (χ0v) is 16.4. The minimum atomic E-state index is -4.93. The molecule has 11 heteroatoms. The molecule has 1 heterocycles. The number of carbonyl (C=O) groups excluding carboxylic acids is 1. The molecular formula is C18H16ClF3N2O4S. The second kappa shape index (κ2) is 8.21. The molecule has 2 aromatic carbocycles. The SMILES string of the molecule is O=C(Nc1ccccc1OC(F)(F)F)c1ccc(Cl)c(S(=O)(=O)N2CCCC2)c1. The molecule has 1 amide bonds. The highest BCUT2D eigenvalue weighted by molar-refractivity contribution is 7.89. The van der Waals surface area contributed by atoms with Gasteiger partial charge in [-0.05, 0) is 43.2 Å². The number of anilines is 1. The summed E-state index contributed by atoms with van der Waals surface area (Å²) >= 11 is 6.04. The average molecular weight is 449 g/mol. The van der Waals surface area contributed by atoms with Crippen molar-refractivity contribution in [2.24, 2.45) is 0 Å². The van der Waals surface area contributed by atoms with E-state index in [9.17, 15) is 26.4 Å². The minimum Gasteiger partial charge on any atom is -0.404 e. The highest BCUT2D eigenvalue weighted by atomic mass is 35.5. The third kappa shape index (κ3) is 5.01. The third-order valence-corrected chi connectivity index (χ3v) is 6.62. The van der Waals surface area contributed by atoms with Crippen LogP contribution in [-0.2, 0) is 10.0 Å². The quantitative estimate of drug-likeness (QED) is 0.741. The Hall–Kier alpha value is -2.30. The van der Waals surface area contributed by atoms with E-state index in [0.717, 1.165) is 25.0 Å². The Kier molecular flexibility index (Phi) is 6.06. The molecule has 1 fully saturated rings. The molecular weight excluding hydrogens is 433 g/mol. The molecule has 1 saturated heterocycles. The zero-order chi connectivity index (χ0) is 21.2. The smallest absolute Gasteiger partial charge is 0.404 e. The summed E-state index contributed by atoms with van der Waals surface area (Å²) in [5.41, 5.74) is -0.289. The Morgan fingerprint density at radius 2 is 1.76 bits per heavy atom. The summed E-state index contributed by atoms with van der Waals surface area (Å²) in [7, 11) is -3.88. The number of rotatable bonds is 5. The first-order valence-corrected chi connectivity index (χ1v) is 10.4. The summed E-state index contributed by atoms with van der Waals surface area (Å²) in [6.45, 7) is 0.717. The number of ether oxygens (including phenoxy) is 1. The Morgan fingerprint density at radius 3 is 2.41 bits per heavy atom. The average Bonchev–Trinajstić information content (AvgIpc) is 3.18. The second-order valence-electron chi connectivity index (χ2n) is 6.25. The van der Waals surface area contributed by atoms with Crippen molar-refractivity contribution in [3.05, 3.63) is 53.1 Å². The van der Waals surface area contributed by atoms with Crippen molar-refractivity contribution < 1.29 is 31.1 Å². The van der Waals surface area contributed by atoms with Crippen molar-refractivity contribution in [2.45, 2.75) is 24.1 Å². The molecule has 6 nitrogen and oxygen atoms in total. The highest BCUT2D eigenvalue weighted by Crippen LogP contribution is 2.31. The van der Waals surface area contributed by atoms with Gasteiger partial charge in [0.15, 0.2) is 5.75 Å². The molecule has 0 radical (unpaired) electrons. The van der Waals surface area contributed by atoms with Gasteiger partial charge in [0, 0.05) is 18.7 Å². The molecule has 0 saturated carbocycles. The zero-order valence-electron chi connectivity index (χ0n) is 14.9. The Labute approximate surface area is 170 Å². The number of nitrogens with zero attached hydrogens (tertiary/aromatic N) is 1. The number of halogens is 4. The van der Waals surface area contributed by atoms with E-state index >= 15 is 0 Å². The normalized spacial score (nSPS) is 15.3. The lowest BCUT2D eigenvalue weighted by Crippen LogP contribution is -2.28. The van der Waals surface area contributed by atoms with Crippen LogP contribution in [0.4, 0.5) is 18.9 Å². The molecule has 0 spiro atoms. The van der Waals surface area contributed by atoms with E-state index < -0.39 is 28.0 Å². The first-order chi connectivity index (χ1) is 13.6. The van der Waals surface area contributed by atoms with Gasteiger partial charge in [-0.15, -0.1) is 13.2 Å². The summed E-state index contributed by atoms with van der Waals surface area (Å²) in [6.07, 6.45) is -3.47. The maximum Gasteiger partial charge on any atom is 0.573 e. The molecule has 29 heavy (non-hydrogen) atoms. The fraction of sp³-hybridized carbons (Fsp3) is 0.278. The number of hydrogen-bond donors (Lipinski definition) is 1. The number of amides is 1. The van der Waals surface area contributed by atoms with Crippen molar-refractivity contribution >= 4 is 33.2 Å². The first kappa shape index (κ1) is 21.4. The van der Waals surface area contributed by atoms with E-state index in [1.807, 2.05) is 0 Å². The maximum atomic E-state index is 12.8. The molecule has 1 aliphatic heterocycles. The molecule has 0 atom stereocenters. The largest absolute Gasteiger partial charge is 0.573 e. The number of alkyl halides is 3. The first-order valence-electron chi connectivity index (χ1n) is 8.54. The van der Waals surface area contributed by atoms with Crippen LogP contribution < -0.4 is 10.1 Å². The summed E-state index contributed by atoms with van der Waals surface area (Å²) in [4.78, 5) is 12.3. The van der Waals surface area contributed by atoms with Crippen LogP contribution >= 0.6 is 11.6 Å². The minimum absolute atomic E-state index is 0.0470. The summed E-state index contributed by atoms with van der Waals surface area (Å²) in [6, 6.07) is 8.68. The number of benzene rings is 2. The number of para-hydroxylation sites is 2. The van der Waals surface area contributed by atoms with Crippen LogP contribution in [0.25, 0.3) is 0 Å². The van der Waals surface area contributed by atoms with Gasteiger partial charge < -0.3 is 10.1 Å². The fourth-order valence-electron chi connectivity index (χ4n) is 2.89. The van der Waals surface area contributed by atoms with E-state index in [1.165, 1.54) is 34.6 Å². The second-order valence-corrected chi connectivity index (χ2v) is 8.57. The lowest BCUT2D eigenvalue weighted by molar-refractivity contribution is -0.274. The number of hydrogen-bond acceptors (Lipinski definition) is 4. The number of sulfonamides is 1. The van der Waals surface area contributed by atoms with Crippen LogP contribution in [0.1, 0.15) is 23.2 Å². The summed E-state index contributed by atoms with van der Waals surface area (Å²) in [5, 5.41) is 2.25. The van der Waals surface area contributed by atoms with Crippen molar-refractivity contribution in [1.29, 1.82) is 0 Å². The number of nitrogens with one attached hydrogen (secondary N) is 1. The van der Waals surface area contributed by atoms with Gasteiger partial charge in [-0.3, -0.25) is 4.79 Å². The van der Waals surface area contributed by atoms with Crippen LogP contribution in [0.5, 0.6) is 5.75 Å². The number of carbonyl (C=O) groups is 1. The predicted molar refractivity (Wildman–Crippen MR) is 101 cm³/mol. The summed E-state index contributed by atoms with van der Waals surface area (Å²) in [5.74, 6) is -1.40. The van der Waals surface area contributed by atoms with Gasteiger partial charge >= 0.3 is 6.36 Å². The van der Waals surface area contributed by atoms with E-state index in [1.54, 1.807) is 0 Å². The molecule has 0 aromatic heterocycles. The predicted octanol–water partition coefficient (Wildman–Crippen LogP) is 4.28. The van der Waals surface area contributed by atoms with Crippen molar-refractivity contribution in [1.82, 2.24) is 4.31 Å². The van der Waals surface area contributed by atoms with E-state index in [-0.39, 0.29) is 21.2 Å². The molecule has 1 N–H and O–H groups in total. The van der Waals surface area contributed by atoms with Crippen LogP contribution in [0.3, 0.4) is 0 Å². The molecule has 2 aromatic rings.